The van der Waals surface area contributed by atoms with Crippen LogP contribution in [0, 0.1) is 5.92 Å². The Hall–Kier alpha value is -1.61. The van der Waals surface area contributed by atoms with Gasteiger partial charge in [0.25, 0.3) is 0 Å². The Kier molecular flexibility index (Phi) is 6.81. The van der Waals surface area contributed by atoms with Gasteiger partial charge >= 0.3 is 0 Å². The van der Waals surface area contributed by atoms with Crippen LogP contribution in [0.1, 0.15) is 18.9 Å². The molecule has 0 heterocycles. The zero-order valence-corrected chi connectivity index (χ0v) is 10.7. The summed E-state index contributed by atoms with van der Waals surface area (Å²) in [5, 5.41) is 9.13. The smallest absolute Gasteiger partial charge is 0.120 e. The normalized spacial score (nSPS) is 12.6. The predicted octanol–water partition coefficient (Wildman–Crippen LogP) is 2.38. The lowest BCUT2D eigenvalue weighted by Crippen LogP contribution is -2.10. The van der Waals surface area contributed by atoms with Gasteiger partial charge in [-0.1, -0.05) is 24.3 Å². The molecule has 0 aliphatic carbocycles. The first-order valence-corrected chi connectivity index (χ1v) is 6.17. The molecule has 0 bridgehead atoms. The number of hydrogen-bond acceptors (Lipinski definition) is 3. The first-order valence-electron chi connectivity index (χ1n) is 6.17. The minimum atomic E-state index is 0.0114. The van der Waals surface area contributed by atoms with E-state index in [4.69, 9.17) is 9.84 Å². The van der Waals surface area contributed by atoms with Gasteiger partial charge < -0.3 is 14.6 Å². The number of rotatable bonds is 8. The van der Waals surface area contributed by atoms with Crippen molar-refractivity contribution in [3.63, 3.8) is 0 Å². The van der Waals surface area contributed by atoms with Crippen molar-refractivity contribution in [2.24, 2.45) is 5.92 Å². The lowest BCUT2D eigenvalue weighted by molar-refractivity contribution is -0.108. The van der Waals surface area contributed by atoms with Crippen LogP contribution in [-0.4, -0.2) is 24.6 Å². The van der Waals surface area contributed by atoms with Gasteiger partial charge in [-0.05, 0) is 37.0 Å². The van der Waals surface area contributed by atoms with Gasteiger partial charge in [-0.15, -0.1) is 0 Å². The fourth-order valence-electron chi connectivity index (χ4n) is 1.65. The zero-order valence-electron chi connectivity index (χ0n) is 10.7. The van der Waals surface area contributed by atoms with Gasteiger partial charge in [-0.3, -0.25) is 0 Å². The van der Waals surface area contributed by atoms with Crippen LogP contribution in [0.5, 0.6) is 5.75 Å². The summed E-state index contributed by atoms with van der Waals surface area (Å²) in [6.45, 7) is 2.56. The molecule has 1 aromatic rings. The topological polar surface area (TPSA) is 46.5 Å². The quantitative estimate of drug-likeness (QED) is 0.567. The first kappa shape index (κ1) is 14.5. The van der Waals surface area contributed by atoms with Crippen LogP contribution in [0.25, 0.3) is 0 Å². The molecule has 0 amide bonds. The van der Waals surface area contributed by atoms with Crippen LogP contribution in [0.4, 0.5) is 0 Å². The molecule has 0 aromatic heterocycles. The Morgan fingerprint density at radius 3 is 2.61 bits per heavy atom. The summed E-state index contributed by atoms with van der Waals surface area (Å²) in [5.41, 5.74) is 1.11. The molecule has 0 saturated carbocycles. The molecule has 0 unspecified atom stereocenters. The van der Waals surface area contributed by atoms with Gasteiger partial charge in [0.15, 0.2) is 0 Å². The van der Waals surface area contributed by atoms with E-state index >= 15 is 0 Å². The molecule has 98 valence electrons. The molecule has 1 N–H and O–H groups in total. The van der Waals surface area contributed by atoms with Crippen molar-refractivity contribution in [3.8, 4) is 5.75 Å². The molecule has 1 atom stereocenters. The van der Waals surface area contributed by atoms with Crippen LogP contribution in [0.2, 0.25) is 0 Å². The van der Waals surface area contributed by atoms with E-state index in [-0.39, 0.29) is 12.5 Å². The molecule has 0 saturated heterocycles. The Morgan fingerprint density at radius 2 is 2.06 bits per heavy atom. The van der Waals surface area contributed by atoms with Crippen LogP contribution >= 0.6 is 0 Å². The maximum Gasteiger partial charge on any atom is 0.120 e. The SMILES string of the molecule is CC=CCOc1ccc(C[C@@H](CO)CC=O)cc1. The zero-order chi connectivity index (χ0) is 13.2. The molecular formula is C15H20O3. The van der Waals surface area contributed by atoms with Crippen molar-refractivity contribution in [3.05, 3.63) is 42.0 Å². The minimum Gasteiger partial charge on any atom is -0.490 e. The highest BCUT2D eigenvalue weighted by Crippen LogP contribution is 2.16. The monoisotopic (exact) mass is 248 g/mol. The number of benzene rings is 1. The predicted molar refractivity (Wildman–Crippen MR) is 71.7 cm³/mol. The summed E-state index contributed by atoms with van der Waals surface area (Å²) in [4.78, 5) is 10.4. The van der Waals surface area contributed by atoms with Crippen molar-refractivity contribution in [1.29, 1.82) is 0 Å². The third kappa shape index (κ3) is 5.15. The Morgan fingerprint density at radius 1 is 1.33 bits per heavy atom. The summed E-state index contributed by atoms with van der Waals surface area (Å²) >= 11 is 0. The van der Waals surface area contributed by atoms with Crippen LogP contribution in [0.3, 0.4) is 0 Å². The number of allylic oxidation sites excluding steroid dienone is 1. The van der Waals surface area contributed by atoms with E-state index in [1.807, 2.05) is 43.3 Å². The standard InChI is InChI=1S/C15H20O3/c1-2-3-10-18-15-6-4-13(5-7-15)11-14(12-17)8-9-16/h2-7,9,14,17H,8,10-12H2,1H3/t14-/m0/s1. The third-order valence-corrected chi connectivity index (χ3v) is 2.72. The van der Waals surface area contributed by atoms with Gasteiger partial charge in [-0.25, -0.2) is 0 Å². The van der Waals surface area contributed by atoms with Crippen LogP contribution in [0.15, 0.2) is 36.4 Å². The maximum atomic E-state index is 10.4. The lowest BCUT2D eigenvalue weighted by atomic mass is 9.97. The highest BCUT2D eigenvalue weighted by atomic mass is 16.5. The number of carbonyl (C=O) groups excluding carboxylic acids is 1. The van der Waals surface area contributed by atoms with E-state index in [9.17, 15) is 4.79 Å². The van der Waals surface area contributed by atoms with Gasteiger partial charge in [0.2, 0.25) is 0 Å². The van der Waals surface area contributed by atoms with E-state index < -0.39 is 0 Å². The number of ether oxygens (including phenoxy) is 1. The van der Waals surface area contributed by atoms with E-state index in [0.29, 0.717) is 19.4 Å². The third-order valence-electron chi connectivity index (χ3n) is 2.72. The molecule has 0 aliphatic heterocycles. The van der Waals surface area contributed by atoms with Crippen LogP contribution < -0.4 is 4.74 Å². The van der Waals surface area contributed by atoms with Crippen molar-refractivity contribution in [1.82, 2.24) is 0 Å². The van der Waals surface area contributed by atoms with Crippen LogP contribution in [-0.2, 0) is 11.2 Å². The maximum absolute atomic E-state index is 10.4. The number of hydrogen-bond donors (Lipinski definition) is 1. The largest absolute Gasteiger partial charge is 0.490 e. The van der Waals surface area contributed by atoms with Crippen molar-refractivity contribution < 1.29 is 14.6 Å². The van der Waals surface area contributed by atoms with E-state index in [1.54, 1.807) is 0 Å². The molecule has 18 heavy (non-hydrogen) atoms. The molecule has 1 rings (SSSR count). The average Bonchev–Trinajstić information content (AvgIpc) is 2.40. The molecule has 3 nitrogen and oxygen atoms in total. The molecular weight excluding hydrogens is 228 g/mol. The fraction of sp³-hybridized carbons (Fsp3) is 0.400. The van der Waals surface area contributed by atoms with Crippen molar-refractivity contribution in [2.45, 2.75) is 19.8 Å². The second-order valence-corrected chi connectivity index (χ2v) is 4.18. The summed E-state index contributed by atoms with van der Waals surface area (Å²) in [7, 11) is 0. The van der Waals surface area contributed by atoms with Gasteiger partial charge in [-0.2, -0.15) is 0 Å². The molecule has 0 spiro atoms. The number of aliphatic hydroxyl groups is 1. The Bertz CT molecular complexity index is 368. The van der Waals surface area contributed by atoms with Gasteiger partial charge in [0.05, 0.1) is 0 Å². The average molecular weight is 248 g/mol. The van der Waals surface area contributed by atoms with E-state index in [2.05, 4.69) is 0 Å². The second kappa shape index (κ2) is 8.48. The highest BCUT2D eigenvalue weighted by molar-refractivity contribution is 5.49. The van der Waals surface area contributed by atoms with E-state index in [1.165, 1.54) is 0 Å². The van der Waals surface area contributed by atoms with Gasteiger partial charge in [0, 0.05) is 13.0 Å². The van der Waals surface area contributed by atoms with Gasteiger partial charge in [0.1, 0.15) is 18.6 Å². The fourth-order valence-corrected chi connectivity index (χ4v) is 1.65. The second-order valence-electron chi connectivity index (χ2n) is 4.18. The minimum absolute atomic E-state index is 0.0114. The summed E-state index contributed by atoms with van der Waals surface area (Å²) in [6, 6.07) is 7.76. The molecule has 1 aromatic carbocycles. The highest BCUT2D eigenvalue weighted by Gasteiger charge is 2.07. The summed E-state index contributed by atoms with van der Waals surface area (Å²) < 4.78 is 5.49. The molecule has 0 aliphatic rings. The Balaban J connectivity index is 2.51. The first-order chi connectivity index (χ1) is 8.80. The number of aldehydes is 1. The number of carbonyl (C=O) groups is 1. The lowest BCUT2D eigenvalue weighted by Gasteiger charge is -2.11. The molecule has 0 fully saturated rings. The molecule has 0 radical (unpaired) electrons. The Labute approximate surface area is 108 Å². The number of aliphatic hydroxyl groups excluding tert-OH is 1. The summed E-state index contributed by atoms with van der Waals surface area (Å²) in [5.74, 6) is 0.838. The summed E-state index contributed by atoms with van der Waals surface area (Å²) in [6.07, 6.45) is 5.86. The van der Waals surface area contributed by atoms with Crippen molar-refractivity contribution in [2.75, 3.05) is 13.2 Å². The van der Waals surface area contributed by atoms with E-state index in [0.717, 1.165) is 17.6 Å². The van der Waals surface area contributed by atoms with Crippen molar-refractivity contribution >= 4 is 6.29 Å². The molecule has 3 heteroatoms.